The van der Waals surface area contributed by atoms with E-state index in [2.05, 4.69) is 0 Å². The second-order valence-corrected chi connectivity index (χ2v) is 10.3. The molecule has 0 bridgehead atoms. The summed E-state index contributed by atoms with van der Waals surface area (Å²) in [5.74, 6) is -1.62. The lowest BCUT2D eigenvalue weighted by atomic mass is 9.41. The molecular formula is C26H14Cl2N2O4S. The Balaban J connectivity index is 1.99. The Morgan fingerprint density at radius 1 is 0.943 bits per heavy atom. The number of nitrogens with zero attached hydrogens (tertiary/aromatic N) is 2. The first kappa shape index (κ1) is 23.3. The van der Waals surface area contributed by atoms with Gasteiger partial charge < -0.3 is 4.42 Å². The van der Waals surface area contributed by atoms with Gasteiger partial charge in [-0.25, -0.2) is 4.79 Å². The lowest BCUT2D eigenvalue weighted by Crippen LogP contribution is -2.62. The van der Waals surface area contributed by atoms with Crippen molar-refractivity contribution < 1.29 is 14.0 Å². The molecule has 0 fully saturated rings. The summed E-state index contributed by atoms with van der Waals surface area (Å²) in [5, 5.41) is 21.3. The molecule has 0 radical (unpaired) electrons. The highest BCUT2D eigenvalue weighted by molar-refractivity contribution is 7.11. The van der Waals surface area contributed by atoms with Crippen LogP contribution in [0.15, 0.2) is 61.1 Å². The van der Waals surface area contributed by atoms with Gasteiger partial charge in [-0.1, -0.05) is 55.2 Å². The van der Waals surface area contributed by atoms with Crippen molar-refractivity contribution in [1.82, 2.24) is 0 Å². The Labute approximate surface area is 213 Å². The maximum Gasteiger partial charge on any atom is 0.344 e. The highest BCUT2D eigenvalue weighted by Crippen LogP contribution is 2.72. The monoisotopic (exact) mass is 520 g/mol. The molecule has 2 unspecified atom stereocenters. The van der Waals surface area contributed by atoms with Crippen LogP contribution in [0.25, 0.3) is 22.5 Å². The summed E-state index contributed by atoms with van der Waals surface area (Å²) in [6.07, 6.45) is 0. The quantitative estimate of drug-likeness (QED) is 0.436. The first-order valence-electron chi connectivity index (χ1n) is 10.5. The largest absolute Gasteiger partial charge is 0.422 e. The summed E-state index contributed by atoms with van der Waals surface area (Å²) < 4.78 is 5.52. The number of fused-ring (bicyclic) bond motifs is 2. The van der Waals surface area contributed by atoms with Crippen LogP contribution in [0.1, 0.15) is 35.8 Å². The van der Waals surface area contributed by atoms with Gasteiger partial charge in [0.15, 0.2) is 10.8 Å². The minimum Gasteiger partial charge on any atom is -0.422 e. The van der Waals surface area contributed by atoms with Gasteiger partial charge in [0, 0.05) is 21.6 Å². The van der Waals surface area contributed by atoms with Crippen LogP contribution in [-0.4, -0.2) is 11.6 Å². The zero-order valence-electron chi connectivity index (χ0n) is 18.3. The molecule has 0 saturated heterocycles. The van der Waals surface area contributed by atoms with E-state index in [4.69, 9.17) is 27.6 Å². The SMILES string of the molecule is CC(C)c1cccc2oc(=O)c(C3=C(c4cccs4)C4(C#N)C(=O)C(Cl)=C(Cl)C(=O)C34C#N)c-2c1. The number of hydrogen-bond donors (Lipinski definition) is 0. The summed E-state index contributed by atoms with van der Waals surface area (Å²) in [6, 6.07) is 14.2. The Kier molecular flexibility index (Phi) is 5.16. The molecule has 9 heteroatoms. The zero-order chi connectivity index (χ0) is 25.3. The molecule has 6 nitrogen and oxygen atoms in total. The van der Waals surface area contributed by atoms with Crippen LogP contribution in [0.3, 0.4) is 0 Å². The molecule has 4 aliphatic rings. The van der Waals surface area contributed by atoms with E-state index < -0.39 is 38.1 Å². The molecular weight excluding hydrogens is 507 g/mol. The van der Waals surface area contributed by atoms with Crippen molar-refractivity contribution in [1.29, 1.82) is 10.5 Å². The van der Waals surface area contributed by atoms with Crippen LogP contribution < -0.4 is 5.63 Å². The fourth-order valence-corrected chi connectivity index (χ4v) is 6.26. The van der Waals surface area contributed by atoms with E-state index in [1.165, 1.54) is 11.3 Å². The van der Waals surface area contributed by atoms with Gasteiger partial charge in [0.25, 0.3) is 0 Å². The predicted octanol–water partition coefficient (Wildman–Crippen LogP) is 5.71. The topological polar surface area (TPSA) is 112 Å². The van der Waals surface area contributed by atoms with Gasteiger partial charge in [0.05, 0.1) is 17.7 Å². The number of ketones is 2. The minimum atomic E-state index is -2.37. The highest BCUT2D eigenvalue weighted by atomic mass is 35.5. The third kappa shape index (κ3) is 2.66. The average molecular weight is 521 g/mol. The summed E-state index contributed by atoms with van der Waals surface area (Å²) in [4.78, 5) is 40.8. The van der Waals surface area contributed by atoms with Gasteiger partial charge in [0.1, 0.15) is 15.8 Å². The van der Waals surface area contributed by atoms with E-state index in [-0.39, 0.29) is 28.4 Å². The average Bonchev–Trinajstić information content (AvgIpc) is 3.39. The van der Waals surface area contributed by atoms with Crippen molar-refractivity contribution in [3.63, 3.8) is 0 Å². The first-order chi connectivity index (χ1) is 16.7. The number of nitriles is 2. The maximum atomic E-state index is 13.6. The summed E-state index contributed by atoms with van der Waals surface area (Å²) in [6.45, 7) is 3.96. The molecule has 5 rings (SSSR count). The van der Waals surface area contributed by atoms with Crippen LogP contribution in [0.4, 0.5) is 0 Å². The molecule has 172 valence electrons. The number of thiophene rings is 1. The Morgan fingerprint density at radius 2 is 1.57 bits per heavy atom. The van der Waals surface area contributed by atoms with Crippen molar-refractivity contribution in [2.24, 2.45) is 10.8 Å². The Bertz CT molecular complexity index is 1630. The van der Waals surface area contributed by atoms with Crippen molar-refractivity contribution in [3.8, 4) is 23.5 Å². The molecule has 2 atom stereocenters. The van der Waals surface area contributed by atoms with E-state index in [1.54, 1.807) is 35.7 Å². The smallest absolute Gasteiger partial charge is 0.344 e. The Morgan fingerprint density at radius 3 is 2.11 bits per heavy atom. The number of carbonyl (C=O) groups is 2. The number of allylic oxidation sites excluding steroid dienone is 4. The van der Waals surface area contributed by atoms with Crippen LogP contribution in [0.5, 0.6) is 0 Å². The van der Waals surface area contributed by atoms with Gasteiger partial charge in [-0.05, 0) is 35.1 Å². The summed E-state index contributed by atoms with van der Waals surface area (Å²) in [5.41, 5.74) is -4.17. The van der Waals surface area contributed by atoms with Gasteiger partial charge in [-0.3, -0.25) is 9.59 Å². The van der Waals surface area contributed by atoms with E-state index in [0.29, 0.717) is 10.4 Å². The van der Waals surface area contributed by atoms with Crippen molar-refractivity contribution in [3.05, 3.63) is 78.3 Å². The normalized spacial score (nSPS) is 23.9. The van der Waals surface area contributed by atoms with Gasteiger partial charge in [0.2, 0.25) is 11.6 Å². The number of carbonyl (C=O) groups excluding carboxylic acids is 2. The molecule has 2 heterocycles. The van der Waals surface area contributed by atoms with Crippen molar-refractivity contribution in [2.45, 2.75) is 19.8 Å². The molecule has 0 saturated carbocycles. The predicted molar refractivity (Wildman–Crippen MR) is 132 cm³/mol. The van der Waals surface area contributed by atoms with Gasteiger partial charge >= 0.3 is 5.63 Å². The number of Topliss-reactive ketones (excluding diaryl/α,β-unsaturated/α-hetero) is 2. The van der Waals surface area contributed by atoms with E-state index in [9.17, 15) is 24.9 Å². The fourth-order valence-electron chi connectivity index (χ4n) is 4.97. The second-order valence-electron chi connectivity index (χ2n) is 8.60. The Hall–Kier alpha value is -3.49. The van der Waals surface area contributed by atoms with Gasteiger partial charge in [-0.2, -0.15) is 10.5 Å². The third-order valence-corrected chi connectivity index (χ3v) is 8.35. The molecule has 0 spiro atoms. The second kappa shape index (κ2) is 7.76. The lowest BCUT2D eigenvalue weighted by molar-refractivity contribution is -0.132. The van der Waals surface area contributed by atoms with E-state index >= 15 is 0 Å². The van der Waals surface area contributed by atoms with E-state index in [0.717, 1.165) is 5.56 Å². The highest BCUT2D eigenvalue weighted by Gasteiger charge is 2.78. The molecule has 1 aliphatic heterocycles. The number of halogens is 2. The zero-order valence-corrected chi connectivity index (χ0v) is 20.6. The van der Waals surface area contributed by atoms with Crippen molar-refractivity contribution in [2.75, 3.05) is 0 Å². The molecule has 1 aromatic rings. The standard InChI is InChI=1S/C26H14Cl2N2O4S/c1-12(2)13-5-3-6-15-14(9-13)17(24(33)34-15)19-18(16-7-4-8-35-16)25(10-29)22(31)20(27)21(28)23(32)26(19,25)11-30/h3-9,12H,1-2H3. The van der Waals surface area contributed by atoms with Crippen molar-refractivity contribution >= 4 is 57.3 Å². The maximum absolute atomic E-state index is 13.6. The van der Waals surface area contributed by atoms with E-state index in [1.807, 2.05) is 32.1 Å². The molecule has 0 N–H and O–H groups in total. The third-order valence-electron chi connectivity index (χ3n) is 6.64. The summed E-state index contributed by atoms with van der Waals surface area (Å²) in [7, 11) is 0. The molecule has 35 heavy (non-hydrogen) atoms. The molecule has 3 aliphatic carbocycles. The number of furan rings is 1. The van der Waals surface area contributed by atoms with Crippen LogP contribution in [-0.2, 0) is 9.59 Å². The van der Waals surface area contributed by atoms with Gasteiger partial charge in [-0.15, -0.1) is 11.3 Å². The van der Waals surface area contributed by atoms with Crippen LogP contribution >= 0.6 is 34.5 Å². The molecule has 0 aromatic carbocycles. The lowest BCUT2D eigenvalue weighted by Gasteiger charge is -2.53. The minimum absolute atomic E-state index is 0.0439. The number of hydrogen-bond acceptors (Lipinski definition) is 7. The fraction of sp³-hybridized carbons (Fsp3) is 0.192. The number of rotatable bonds is 3. The van der Waals surface area contributed by atoms with Crippen LogP contribution in [0.2, 0.25) is 0 Å². The van der Waals surface area contributed by atoms with Crippen LogP contribution in [0, 0.1) is 33.5 Å². The first-order valence-corrected chi connectivity index (χ1v) is 12.1. The molecule has 1 aromatic heterocycles. The molecule has 0 amide bonds. The summed E-state index contributed by atoms with van der Waals surface area (Å²) >= 11 is 13.4.